The molecule has 0 atom stereocenters. The van der Waals surface area contributed by atoms with E-state index < -0.39 is 0 Å². The highest BCUT2D eigenvalue weighted by atomic mass is 32.1. The van der Waals surface area contributed by atoms with Crippen molar-refractivity contribution in [3.63, 3.8) is 0 Å². The maximum absolute atomic E-state index is 5.52. The smallest absolute Gasteiger partial charge is 0.229 e. The summed E-state index contributed by atoms with van der Waals surface area (Å²) in [6, 6.07) is 3.76. The van der Waals surface area contributed by atoms with Crippen LogP contribution in [0.2, 0.25) is 0 Å². The van der Waals surface area contributed by atoms with E-state index in [0.29, 0.717) is 11.6 Å². The lowest BCUT2D eigenvalue weighted by Crippen LogP contribution is -2.22. The predicted molar refractivity (Wildman–Crippen MR) is 99.4 cm³/mol. The molecule has 4 aromatic rings. The van der Waals surface area contributed by atoms with Crippen molar-refractivity contribution in [1.82, 2.24) is 19.6 Å². The Balaban J connectivity index is 1.86. The van der Waals surface area contributed by atoms with Gasteiger partial charge in [-0.25, -0.2) is 9.97 Å². The summed E-state index contributed by atoms with van der Waals surface area (Å²) in [6.07, 6.45) is 5.02. The molecule has 7 heteroatoms. The first-order chi connectivity index (χ1) is 12.3. The predicted octanol–water partition coefficient (Wildman–Crippen LogP) is 4.07. The molecule has 0 unspecified atom stereocenters. The van der Waals surface area contributed by atoms with Crippen LogP contribution in [-0.4, -0.2) is 32.7 Å². The summed E-state index contributed by atoms with van der Waals surface area (Å²) in [7, 11) is 0. The zero-order valence-corrected chi connectivity index (χ0v) is 15.1. The van der Waals surface area contributed by atoms with E-state index in [9.17, 15) is 0 Å². The number of aromatic nitrogens is 4. The van der Waals surface area contributed by atoms with Crippen molar-refractivity contribution in [1.29, 1.82) is 0 Å². The number of nitrogens with zero attached hydrogens (tertiary/aromatic N) is 5. The minimum Gasteiger partial charge on any atom is -0.461 e. The van der Waals surface area contributed by atoms with Crippen molar-refractivity contribution in [2.75, 3.05) is 18.0 Å². The molecular weight excluding hydrogens is 334 g/mol. The second kappa shape index (κ2) is 5.56. The molecule has 1 fully saturated rings. The Morgan fingerprint density at radius 1 is 1.24 bits per heavy atom. The molecule has 0 aliphatic carbocycles. The highest BCUT2D eigenvalue weighted by Gasteiger charge is 2.24. The van der Waals surface area contributed by atoms with Crippen LogP contribution in [0.4, 0.5) is 5.95 Å². The van der Waals surface area contributed by atoms with Gasteiger partial charge < -0.3 is 9.32 Å². The number of hydrogen-bond donors (Lipinski definition) is 0. The van der Waals surface area contributed by atoms with Gasteiger partial charge in [0.05, 0.1) is 11.6 Å². The van der Waals surface area contributed by atoms with Crippen LogP contribution in [-0.2, 0) is 6.42 Å². The van der Waals surface area contributed by atoms with E-state index >= 15 is 0 Å². The molecule has 25 heavy (non-hydrogen) atoms. The second-order valence-corrected chi connectivity index (χ2v) is 7.63. The highest BCUT2D eigenvalue weighted by molar-refractivity contribution is 7.18. The third kappa shape index (κ3) is 2.18. The van der Waals surface area contributed by atoms with Crippen molar-refractivity contribution < 1.29 is 4.42 Å². The van der Waals surface area contributed by atoms with E-state index in [1.807, 2.05) is 16.6 Å². The molecular formula is C18H19N5OS. The lowest BCUT2D eigenvalue weighted by atomic mass is 10.1. The lowest BCUT2D eigenvalue weighted by molar-refractivity contribution is 0.577. The monoisotopic (exact) mass is 353 g/mol. The minimum absolute atomic E-state index is 0.616. The summed E-state index contributed by atoms with van der Waals surface area (Å²) < 4.78 is 7.43. The minimum atomic E-state index is 0.616. The Kier molecular flexibility index (Phi) is 3.31. The van der Waals surface area contributed by atoms with Crippen molar-refractivity contribution in [3.05, 3.63) is 28.8 Å². The Labute approximate surface area is 149 Å². The number of aryl methyl sites for hydroxylation is 2. The van der Waals surface area contributed by atoms with Gasteiger partial charge in [-0.2, -0.15) is 4.52 Å². The summed E-state index contributed by atoms with van der Waals surface area (Å²) in [5.74, 6) is 2.20. The first kappa shape index (κ1) is 14.9. The summed E-state index contributed by atoms with van der Waals surface area (Å²) in [5, 5.41) is 5.88. The average molecular weight is 353 g/mol. The van der Waals surface area contributed by atoms with Crippen LogP contribution in [0, 0.1) is 6.92 Å². The van der Waals surface area contributed by atoms with Gasteiger partial charge in [0, 0.05) is 18.0 Å². The Bertz CT molecular complexity index is 1060. The van der Waals surface area contributed by atoms with E-state index in [4.69, 9.17) is 19.5 Å². The summed E-state index contributed by atoms with van der Waals surface area (Å²) >= 11 is 1.76. The zero-order valence-electron chi connectivity index (χ0n) is 14.3. The van der Waals surface area contributed by atoms with E-state index in [1.54, 1.807) is 17.6 Å². The Morgan fingerprint density at radius 3 is 2.80 bits per heavy atom. The van der Waals surface area contributed by atoms with Crippen LogP contribution < -0.4 is 4.90 Å². The fourth-order valence-corrected chi connectivity index (χ4v) is 4.78. The average Bonchev–Trinajstić information content (AvgIpc) is 3.37. The van der Waals surface area contributed by atoms with Gasteiger partial charge in [-0.3, -0.25) is 0 Å². The number of rotatable bonds is 3. The summed E-state index contributed by atoms with van der Waals surface area (Å²) in [6.45, 7) is 6.40. The van der Waals surface area contributed by atoms with E-state index in [2.05, 4.69) is 18.7 Å². The highest BCUT2D eigenvalue weighted by Crippen LogP contribution is 2.35. The first-order valence-electron chi connectivity index (χ1n) is 8.74. The van der Waals surface area contributed by atoms with E-state index in [-0.39, 0.29) is 0 Å². The lowest BCUT2D eigenvalue weighted by Gasteiger charge is -2.16. The van der Waals surface area contributed by atoms with Crippen molar-refractivity contribution in [3.8, 4) is 11.6 Å². The quantitative estimate of drug-likeness (QED) is 0.556. The van der Waals surface area contributed by atoms with E-state index in [1.165, 1.54) is 23.3 Å². The van der Waals surface area contributed by atoms with Gasteiger partial charge in [-0.05, 0) is 43.9 Å². The molecule has 0 aromatic carbocycles. The van der Waals surface area contributed by atoms with Gasteiger partial charge in [0.2, 0.25) is 11.8 Å². The van der Waals surface area contributed by atoms with Crippen LogP contribution in [0.3, 0.4) is 0 Å². The van der Waals surface area contributed by atoms with E-state index in [0.717, 1.165) is 41.3 Å². The second-order valence-electron chi connectivity index (χ2n) is 6.42. The molecule has 0 spiro atoms. The molecule has 1 saturated heterocycles. The summed E-state index contributed by atoms with van der Waals surface area (Å²) in [4.78, 5) is 14.5. The molecule has 0 amide bonds. The van der Waals surface area contributed by atoms with Gasteiger partial charge >= 0.3 is 0 Å². The van der Waals surface area contributed by atoms with Crippen molar-refractivity contribution in [2.24, 2.45) is 0 Å². The number of fused-ring (bicyclic) bond motifs is 3. The fraction of sp³-hybridized carbons (Fsp3) is 0.389. The molecule has 1 aliphatic heterocycles. The molecule has 4 aromatic heterocycles. The van der Waals surface area contributed by atoms with Crippen LogP contribution in [0.25, 0.3) is 27.4 Å². The van der Waals surface area contributed by atoms with Crippen LogP contribution in [0.5, 0.6) is 0 Å². The van der Waals surface area contributed by atoms with Gasteiger partial charge in [0.15, 0.2) is 11.4 Å². The number of thiophene rings is 1. The van der Waals surface area contributed by atoms with Crippen LogP contribution in [0.1, 0.15) is 30.2 Å². The maximum Gasteiger partial charge on any atom is 0.229 e. The van der Waals surface area contributed by atoms with Crippen molar-refractivity contribution in [2.45, 2.75) is 33.1 Å². The molecule has 5 rings (SSSR count). The Hall–Kier alpha value is -2.41. The molecule has 0 bridgehead atoms. The van der Waals surface area contributed by atoms with Gasteiger partial charge in [-0.15, -0.1) is 16.4 Å². The van der Waals surface area contributed by atoms with Crippen LogP contribution >= 0.6 is 11.3 Å². The van der Waals surface area contributed by atoms with Crippen LogP contribution in [0.15, 0.2) is 22.8 Å². The fourth-order valence-electron chi connectivity index (χ4n) is 3.68. The van der Waals surface area contributed by atoms with Gasteiger partial charge in [-0.1, -0.05) is 6.92 Å². The molecule has 0 radical (unpaired) electrons. The SMILES string of the molecule is CCc1c(C)sc2nc(N3CCCC3)n3nc(-c4ccco4)nc3c12. The normalized spacial score (nSPS) is 15.0. The zero-order chi connectivity index (χ0) is 17.0. The molecule has 0 saturated carbocycles. The Morgan fingerprint density at radius 2 is 2.08 bits per heavy atom. The molecule has 5 heterocycles. The molecule has 0 N–H and O–H groups in total. The number of anilines is 1. The standard InChI is InChI=1S/C18H19N5OS/c1-3-12-11(2)25-17-14(12)16-19-15(13-7-6-10-24-13)21-23(16)18(20-17)22-8-4-5-9-22/h6-7,10H,3-5,8-9H2,1-2H3. The molecule has 6 nitrogen and oxygen atoms in total. The summed E-state index contributed by atoms with van der Waals surface area (Å²) in [5.41, 5.74) is 2.21. The third-order valence-corrected chi connectivity index (χ3v) is 5.94. The molecule has 128 valence electrons. The topological polar surface area (TPSA) is 59.5 Å². The molecule has 1 aliphatic rings. The largest absolute Gasteiger partial charge is 0.461 e. The first-order valence-corrected chi connectivity index (χ1v) is 9.55. The number of hydrogen-bond acceptors (Lipinski definition) is 6. The third-order valence-electron chi connectivity index (χ3n) is 4.90. The maximum atomic E-state index is 5.52. The van der Waals surface area contributed by atoms with Crippen molar-refractivity contribution >= 4 is 33.1 Å². The van der Waals surface area contributed by atoms with Gasteiger partial charge in [0.25, 0.3) is 0 Å². The van der Waals surface area contributed by atoms with Gasteiger partial charge in [0.1, 0.15) is 4.83 Å². The number of furan rings is 1.